The monoisotopic (exact) mass is 304 g/mol. The first kappa shape index (κ1) is 15.7. The van der Waals surface area contributed by atoms with Gasteiger partial charge in [-0.15, -0.1) is 11.3 Å². The van der Waals surface area contributed by atoms with Crippen LogP contribution in [-0.4, -0.2) is 29.4 Å². The highest BCUT2D eigenvalue weighted by molar-refractivity contribution is 7.98. The molecule has 6 heteroatoms. The molecule has 0 saturated heterocycles. The summed E-state index contributed by atoms with van der Waals surface area (Å²) in [4.78, 5) is 15.8. The van der Waals surface area contributed by atoms with E-state index in [1.54, 1.807) is 0 Å². The van der Waals surface area contributed by atoms with Gasteiger partial charge in [-0.2, -0.15) is 11.8 Å². The predicted molar refractivity (Wildman–Crippen MR) is 83.2 cm³/mol. The smallest absolute Gasteiger partial charge is 0.225 e. The standard InChI is InChI=1S/C12H20N2OS3/c1-9-10(18-12(16)14-9)8-11(15)13-6-4-3-5-7-17-2/h3-8H2,1-2H3,(H,13,15)(H,14,16). The predicted octanol–water partition coefficient (Wildman–Crippen LogP) is 3.31. The Labute approximate surface area is 122 Å². The summed E-state index contributed by atoms with van der Waals surface area (Å²) in [6, 6.07) is 0. The van der Waals surface area contributed by atoms with Crippen molar-refractivity contribution >= 4 is 41.2 Å². The third-order valence-electron chi connectivity index (χ3n) is 2.59. The zero-order valence-corrected chi connectivity index (χ0v) is 13.3. The molecule has 0 unspecified atom stereocenters. The number of hydrogen-bond acceptors (Lipinski definition) is 4. The molecule has 102 valence electrons. The van der Waals surface area contributed by atoms with Gasteiger partial charge < -0.3 is 10.3 Å². The van der Waals surface area contributed by atoms with Crippen molar-refractivity contribution in [1.29, 1.82) is 0 Å². The number of rotatable bonds is 8. The number of aromatic nitrogens is 1. The highest BCUT2D eigenvalue weighted by atomic mass is 32.2. The number of carbonyl (C=O) groups is 1. The lowest BCUT2D eigenvalue weighted by atomic mass is 10.2. The van der Waals surface area contributed by atoms with Gasteiger partial charge in [-0.3, -0.25) is 4.79 Å². The maximum atomic E-state index is 11.7. The van der Waals surface area contributed by atoms with E-state index in [0.29, 0.717) is 6.42 Å². The van der Waals surface area contributed by atoms with E-state index in [-0.39, 0.29) is 5.91 Å². The fourth-order valence-electron chi connectivity index (χ4n) is 1.59. The molecule has 0 bridgehead atoms. The summed E-state index contributed by atoms with van der Waals surface area (Å²) in [6.07, 6.45) is 6.04. The topological polar surface area (TPSA) is 44.9 Å². The minimum absolute atomic E-state index is 0.0909. The SMILES string of the molecule is CSCCCCCNC(=O)Cc1sc(=S)[nH]c1C. The van der Waals surface area contributed by atoms with Gasteiger partial charge >= 0.3 is 0 Å². The number of hydrogen-bond donors (Lipinski definition) is 2. The fraction of sp³-hybridized carbons (Fsp3) is 0.667. The van der Waals surface area contributed by atoms with E-state index in [1.165, 1.54) is 29.9 Å². The van der Waals surface area contributed by atoms with E-state index < -0.39 is 0 Å². The third-order valence-corrected chi connectivity index (χ3v) is 4.63. The summed E-state index contributed by atoms with van der Waals surface area (Å²) in [7, 11) is 0. The molecule has 1 aromatic rings. The zero-order chi connectivity index (χ0) is 13.4. The molecule has 0 aliphatic heterocycles. The Balaban J connectivity index is 2.18. The molecule has 0 saturated carbocycles. The van der Waals surface area contributed by atoms with Crippen LogP contribution in [0, 0.1) is 10.9 Å². The second-order valence-electron chi connectivity index (χ2n) is 4.14. The number of unbranched alkanes of at least 4 members (excludes halogenated alkanes) is 2. The van der Waals surface area contributed by atoms with E-state index in [0.717, 1.165) is 27.5 Å². The van der Waals surface area contributed by atoms with Crippen LogP contribution in [0.4, 0.5) is 0 Å². The normalized spacial score (nSPS) is 10.6. The van der Waals surface area contributed by atoms with Crippen molar-refractivity contribution in [3.05, 3.63) is 14.5 Å². The average molecular weight is 305 g/mol. The van der Waals surface area contributed by atoms with Gasteiger partial charge in [-0.05, 0) is 44.0 Å². The Hall–Kier alpha value is -0.330. The number of thiazole rings is 1. The van der Waals surface area contributed by atoms with Crippen molar-refractivity contribution in [2.24, 2.45) is 0 Å². The van der Waals surface area contributed by atoms with Crippen molar-refractivity contribution < 1.29 is 4.79 Å². The summed E-state index contributed by atoms with van der Waals surface area (Å²) in [5.74, 6) is 1.30. The van der Waals surface area contributed by atoms with E-state index in [1.807, 2.05) is 18.7 Å². The van der Waals surface area contributed by atoms with Crippen molar-refractivity contribution in [2.45, 2.75) is 32.6 Å². The molecule has 0 aliphatic carbocycles. The number of aryl methyl sites for hydroxylation is 1. The highest BCUT2D eigenvalue weighted by Gasteiger charge is 2.07. The van der Waals surface area contributed by atoms with Gasteiger partial charge in [-0.25, -0.2) is 0 Å². The van der Waals surface area contributed by atoms with Crippen LogP contribution < -0.4 is 5.32 Å². The molecule has 1 heterocycles. The van der Waals surface area contributed by atoms with Crippen molar-refractivity contribution in [3.8, 4) is 0 Å². The molecule has 0 aliphatic rings. The summed E-state index contributed by atoms with van der Waals surface area (Å²) < 4.78 is 0.743. The Morgan fingerprint density at radius 3 is 2.83 bits per heavy atom. The molecule has 1 rings (SSSR count). The maximum Gasteiger partial charge on any atom is 0.225 e. The van der Waals surface area contributed by atoms with E-state index >= 15 is 0 Å². The number of aromatic amines is 1. The van der Waals surface area contributed by atoms with E-state index in [9.17, 15) is 4.79 Å². The Kier molecular flexibility index (Phi) is 7.62. The van der Waals surface area contributed by atoms with Crippen LogP contribution in [0.1, 0.15) is 29.8 Å². The molecule has 1 amide bonds. The average Bonchev–Trinajstić information content (AvgIpc) is 2.62. The number of nitrogens with one attached hydrogen (secondary N) is 2. The minimum Gasteiger partial charge on any atom is -0.356 e. The number of carbonyl (C=O) groups excluding carboxylic acids is 1. The van der Waals surface area contributed by atoms with Crippen LogP contribution >= 0.6 is 35.3 Å². The fourth-order valence-corrected chi connectivity index (χ4v) is 3.37. The third kappa shape index (κ3) is 6.02. The first-order chi connectivity index (χ1) is 8.63. The first-order valence-electron chi connectivity index (χ1n) is 6.07. The van der Waals surface area contributed by atoms with Gasteiger partial charge in [0.25, 0.3) is 0 Å². The van der Waals surface area contributed by atoms with Gasteiger partial charge in [0, 0.05) is 17.1 Å². The lowest BCUT2D eigenvalue weighted by molar-refractivity contribution is -0.120. The second kappa shape index (κ2) is 8.72. The molecule has 18 heavy (non-hydrogen) atoms. The van der Waals surface area contributed by atoms with Gasteiger partial charge in [0.2, 0.25) is 5.91 Å². The van der Waals surface area contributed by atoms with Gasteiger partial charge in [0.05, 0.1) is 6.42 Å². The van der Waals surface area contributed by atoms with Crippen molar-refractivity contribution in [1.82, 2.24) is 10.3 Å². The maximum absolute atomic E-state index is 11.7. The number of amides is 1. The molecule has 0 aromatic carbocycles. The van der Waals surface area contributed by atoms with Gasteiger partial charge in [0.15, 0.2) is 3.95 Å². The molecule has 0 radical (unpaired) electrons. The van der Waals surface area contributed by atoms with Crippen LogP contribution in [0.5, 0.6) is 0 Å². The number of H-pyrrole nitrogens is 1. The van der Waals surface area contributed by atoms with Gasteiger partial charge in [-0.1, -0.05) is 6.42 Å². The molecule has 2 N–H and O–H groups in total. The van der Waals surface area contributed by atoms with E-state index in [2.05, 4.69) is 16.6 Å². The summed E-state index contributed by atoms with van der Waals surface area (Å²) >= 11 is 8.41. The van der Waals surface area contributed by atoms with Crippen LogP contribution in [-0.2, 0) is 11.2 Å². The molecule has 1 aromatic heterocycles. The Morgan fingerprint density at radius 2 is 2.22 bits per heavy atom. The van der Waals surface area contributed by atoms with Gasteiger partial charge in [0.1, 0.15) is 0 Å². The van der Waals surface area contributed by atoms with Crippen LogP contribution in [0.2, 0.25) is 0 Å². The lowest BCUT2D eigenvalue weighted by Gasteiger charge is -2.04. The molecule has 0 spiro atoms. The van der Waals surface area contributed by atoms with Crippen LogP contribution in [0.3, 0.4) is 0 Å². The van der Waals surface area contributed by atoms with Crippen LogP contribution in [0.25, 0.3) is 0 Å². The van der Waals surface area contributed by atoms with Crippen molar-refractivity contribution in [2.75, 3.05) is 18.6 Å². The molecular formula is C12H20N2OS3. The van der Waals surface area contributed by atoms with E-state index in [4.69, 9.17) is 12.2 Å². The van der Waals surface area contributed by atoms with Crippen LogP contribution in [0.15, 0.2) is 0 Å². The van der Waals surface area contributed by atoms with Crippen molar-refractivity contribution in [3.63, 3.8) is 0 Å². The molecule has 3 nitrogen and oxygen atoms in total. The Bertz CT molecular complexity index is 425. The minimum atomic E-state index is 0.0909. The quantitative estimate of drug-likeness (QED) is 0.572. The summed E-state index contributed by atoms with van der Waals surface area (Å²) in [6.45, 7) is 2.74. The molecule has 0 fully saturated rings. The summed E-state index contributed by atoms with van der Waals surface area (Å²) in [5.41, 5.74) is 1.01. The Morgan fingerprint density at radius 1 is 1.44 bits per heavy atom. The molecule has 0 atom stereocenters. The second-order valence-corrected chi connectivity index (χ2v) is 6.90. The first-order valence-corrected chi connectivity index (χ1v) is 8.69. The zero-order valence-electron chi connectivity index (χ0n) is 10.9. The largest absolute Gasteiger partial charge is 0.356 e. The number of thioether (sulfide) groups is 1. The lowest BCUT2D eigenvalue weighted by Crippen LogP contribution is -2.26. The molecular weight excluding hydrogens is 284 g/mol. The highest BCUT2D eigenvalue weighted by Crippen LogP contribution is 2.14. The summed E-state index contributed by atoms with van der Waals surface area (Å²) in [5, 5.41) is 2.96.